The van der Waals surface area contributed by atoms with E-state index in [1.54, 1.807) is 0 Å². The number of fused-ring (bicyclic) bond motifs is 4. The van der Waals surface area contributed by atoms with Crippen LogP contribution in [-0.4, -0.2) is 11.9 Å². The maximum absolute atomic E-state index is 12.7. The van der Waals surface area contributed by atoms with Crippen molar-refractivity contribution in [2.45, 2.75) is 20.3 Å². The van der Waals surface area contributed by atoms with Crippen molar-refractivity contribution < 1.29 is 14.3 Å². The van der Waals surface area contributed by atoms with Gasteiger partial charge >= 0.3 is 11.9 Å². The van der Waals surface area contributed by atoms with E-state index in [4.69, 9.17) is 4.74 Å². The molecule has 0 N–H and O–H groups in total. The molecule has 0 radical (unpaired) electrons. The largest absolute Gasteiger partial charge is 0.392 e. The summed E-state index contributed by atoms with van der Waals surface area (Å²) in [4.78, 5) is 25.4. The van der Waals surface area contributed by atoms with Crippen LogP contribution in [0.2, 0.25) is 0 Å². The first-order valence-electron chi connectivity index (χ1n) is 7.37. The number of rotatable bonds is 0. The molecule has 0 aromatic heterocycles. The minimum absolute atomic E-state index is 0.0661. The van der Waals surface area contributed by atoms with Crippen molar-refractivity contribution >= 4 is 11.9 Å². The molecule has 3 heteroatoms. The number of carbonyl (C=O) groups is 2. The van der Waals surface area contributed by atoms with Gasteiger partial charge < -0.3 is 4.74 Å². The molecule has 0 spiro atoms. The van der Waals surface area contributed by atoms with Gasteiger partial charge in [0.05, 0.1) is 0 Å². The molecular formula is C17H16O3. The van der Waals surface area contributed by atoms with Crippen LogP contribution < -0.4 is 0 Å². The van der Waals surface area contributed by atoms with E-state index in [1.165, 1.54) is 11.1 Å². The number of esters is 2. The predicted octanol–water partition coefficient (Wildman–Crippen LogP) is 2.40. The fraction of sp³-hybridized carbons (Fsp3) is 0.529. The summed E-state index contributed by atoms with van der Waals surface area (Å²) in [6.07, 6.45) is 9.55. The van der Waals surface area contributed by atoms with Crippen LogP contribution in [0.15, 0.2) is 35.5 Å². The molecule has 0 amide bonds. The zero-order valence-electron chi connectivity index (χ0n) is 11.6. The predicted molar refractivity (Wildman–Crippen MR) is 71.2 cm³/mol. The zero-order valence-corrected chi connectivity index (χ0v) is 11.6. The van der Waals surface area contributed by atoms with E-state index >= 15 is 0 Å². The van der Waals surface area contributed by atoms with Gasteiger partial charge in [0, 0.05) is 11.8 Å². The van der Waals surface area contributed by atoms with Gasteiger partial charge in [-0.15, -0.1) is 0 Å². The lowest BCUT2D eigenvalue weighted by molar-refractivity contribution is -0.158. The lowest BCUT2D eigenvalue weighted by Crippen LogP contribution is -2.50. The number of cyclic esters (lactones) is 2. The van der Waals surface area contributed by atoms with Gasteiger partial charge in [-0.25, -0.2) is 0 Å². The molecule has 5 aliphatic rings. The van der Waals surface area contributed by atoms with Gasteiger partial charge in [0.25, 0.3) is 0 Å². The number of hydrogen-bond donors (Lipinski definition) is 0. The fourth-order valence-electron chi connectivity index (χ4n) is 6.15. The van der Waals surface area contributed by atoms with Crippen molar-refractivity contribution in [1.82, 2.24) is 0 Å². The molecule has 1 heterocycles. The summed E-state index contributed by atoms with van der Waals surface area (Å²) in [7, 11) is 0. The summed E-state index contributed by atoms with van der Waals surface area (Å²) in [5, 5.41) is 0. The molecule has 3 fully saturated rings. The summed E-state index contributed by atoms with van der Waals surface area (Å²) in [6, 6.07) is 0. The van der Waals surface area contributed by atoms with Gasteiger partial charge in [0.15, 0.2) is 0 Å². The van der Waals surface area contributed by atoms with E-state index in [1.807, 2.05) is 0 Å². The van der Waals surface area contributed by atoms with Gasteiger partial charge in [0.2, 0.25) is 0 Å². The van der Waals surface area contributed by atoms with Gasteiger partial charge in [-0.05, 0) is 32.1 Å². The van der Waals surface area contributed by atoms with Crippen molar-refractivity contribution in [1.29, 1.82) is 0 Å². The summed E-state index contributed by atoms with van der Waals surface area (Å²) in [6.45, 7) is 4.19. The first kappa shape index (κ1) is 11.1. The third-order valence-electron chi connectivity index (χ3n) is 6.52. The first-order chi connectivity index (χ1) is 9.56. The second-order valence-corrected chi connectivity index (χ2v) is 7.04. The Hall–Kier alpha value is -1.64. The Balaban J connectivity index is 1.92. The molecular weight excluding hydrogens is 252 g/mol. The molecule has 102 valence electrons. The van der Waals surface area contributed by atoms with Crippen LogP contribution in [-0.2, 0) is 14.3 Å². The second kappa shape index (κ2) is 2.85. The SMILES string of the molecule is CC(C)=C1[C@H]2C=C[C@@H]1[C@@]13C(=O)OC(=O)[C@@]21[C@@H]1C=C[C@H]3C1. The van der Waals surface area contributed by atoms with Gasteiger partial charge in [0.1, 0.15) is 10.8 Å². The van der Waals surface area contributed by atoms with Crippen LogP contribution in [0, 0.1) is 34.5 Å². The molecule has 5 rings (SSSR count). The Morgan fingerprint density at radius 2 is 1.50 bits per heavy atom. The van der Waals surface area contributed by atoms with E-state index in [0.29, 0.717) is 0 Å². The van der Waals surface area contributed by atoms with Crippen LogP contribution in [0.5, 0.6) is 0 Å². The van der Waals surface area contributed by atoms with Crippen LogP contribution in [0.25, 0.3) is 0 Å². The Labute approximate surface area is 117 Å². The quantitative estimate of drug-likeness (QED) is 0.385. The van der Waals surface area contributed by atoms with Crippen molar-refractivity contribution in [2.75, 3.05) is 0 Å². The van der Waals surface area contributed by atoms with Crippen molar-refractivity contribution in [2.24, 2.45) is 34.5 Å². The van der Waals surface area contributed by atoms with Gasteiger partial charge in [-0.3, -0.25) is 9.59 Å². The number of ether oxygens (including phenoxy) is 1. The highest BCUT2D eigenvalue weighted by molar-refractivity contribution is 6.06. The van der Waals surface area contributed by atoms with E-state index in [2.05, 4.69) is 38.2 Å². The molecule has 0 aromatic carbocycles. The van der Waals surface area contributed by atoms with Crippen LogP contribution in [0.1, 0.15) is 20.3 Å². The third-order valence-corrected chi connectivity index (χ3v) is 6.52. The monoisotopic (exact) mass is 268 g/mol. The summed E-state index contributed by atoms with van der Waals surface area (Å²) >= 11 is 0. The maximum Gasteiger partial charge on any atom is 0.322 e. The minimum atomic E-state index is -0.629. The molecule has 4 bridgehead atoms. The van der Waals surface area contributed by atoms with E-state index < -0.39 is 10.8 Å². The van der Waals surface area contributed by atoms with Gasteiger partial charge in [-0.1, -0.05) is 35.5 Å². The molecule has 20 heavy (non-hydrogen) atoms. The summed E-state index contributed by atoms with van der Waals surface area (Å²) in [5.41, 5.74) is 1.29. The molecule has 6 atom stereocenters. The Kier molecular flexibility index (Phi) is 1.58. The summed E-state index contributed by atoms with van der Waals surface area (Å²) in [5.74, 6) is -0.0702. The second-order valence-electron chi connectivity index (χ2n) is 7.04. The van der Waals surface area contributed by atoms with Crippen molar-refractivity contribution in [3.63, 3.8) is 0 Å². The standard InChI is InChI=1S/C17H16O3/c1-8(2)13-11-5-6-12(13)17-10-4-3-9(7-10)16(11,17)14(18)20-15(17)19/h3-6,9-12H,7H2,1-2H3/t9-,10+,11-,12+,16-,17+. The van der Waals surface area contributed by atoms with E-state index in [0.717, 1.165) is 6.42 Å². The highest BCUT2D eigenvalue weighted by Crippen LogP contribution is 2.81. The first-order valence-corrected chi connectivity index (χ1v) is 7.37. The Morgan fingerprint density at radius 1 is 1.00 bits per heavy atom. The molecule has 0 unspecified atom stereocenters. The van der Waals surface area contributed by atoms with Gasteiger partial charge in [-0.2, -0.15) is 0 Å². The highest BCUT2D eigenvalue weighted by Gasteiger charge is 2.87. The number of hydrogen-bond acceptors (Lipinski definition) is 3. The van der Waals surface area contributed by atoms with Crippen molar-refractivity contribution in [3.05, 3.63) is 35.5 Å². The lowest BCUT2D eigenvalue weighted by Gasteiger charge is -2.41. The lowest BCUT2D eigenvalue weighted by atomic mass is 9.54. The smallest absolute Gasteiger partial charge is 0.322 e. The molecule has 0 aromatic rings. The molecule has 2 saturated carbocycles. The zero-order chi connectivity index (χ0) is 13.9. The average molecular weight is 268 g/mol. The molecule has 1 aliphatic heterocycles. The Morgan fingerprint density at radius 3 is 1.95 bits per heavy atom. The maximum atomic E-state index is 12.7. The average Bonchev–Trinajstić information content (AvgIpc) is 3.14. The minimum Gasteiger partial charge on any atom is -0.392 e. The third kappa shape index (κ3) is 0.717. The topological polar surface area (TPSA) is 43.4 Å². The molecule has 3 nitrogen and oxygen atoms in total. The molecule has 4 aliphatic carbocycles. The van der Waals surface area contributed by atoms with Crippen LogP contribution in [0.3, 0.4) is 0 Å². The van der Waals surface area contributed by atoms with E-state index in [9.17, 15) is 9.59 Å². The normalized spacial score (nSPS) is 52.8. The van der Waals surface area contributed by atoms with Crippen LogP contribution >= 0.6 is 0 Å². The fourth-order valence-corrected chi connectivity index (χ4v) is 6.15. The van der Waals surface area contributed by atoms with Crippen LogP contribution in [0.4, 0.5) is 0 Å². The number of allylic oxidation sites excluding steroid dienone is 6. The number of carbonyl (C=O) groups excluding carboxylic acids is 2. The molecule has 1 saturated heterocycles. The Bertz CT molecular complexity index is 630. The van der Waals surface area contributed by atoms with E-state index in [-0.39, 0.29) is 35.6 Å². The van der Waals surface area contributed by atoms with Crippen molar-refractivity contribution in [3.8, 4) is 0 Å². The summed E-state index contributed by atoms with van der Waals surface area (Å²) < 4.78 is 5.19. The highest BCUT2D eigenvalue weighted by atomic mass is 16.6.